The van der Waals surface area contributed by atoms with Crippen molar-refractivity contribution in [2.24, 2.45) is 4.99 Å². The van der Waals surface area contributed by atoms with Gasteiger partial charge in [0.05, 0.1) is 13.2 Å². The van der Waals surface area contributed by atoms with Gasteiger partial charge in [0, 0.05) is 38.9 Å². The molecule has 2 N–H and O–H groups in total. The van der Waals surface area contributed by atoms with Gasteiger partial charge in [-0.3, -0.25) is 4.99 Å². The zero-order chi connectivity index (χ0) is 18.2. The fourth-order valence-corrected chi connectivity index (χ4v) is 2.94. The van der Waals surface area contributed by atoms with Crippen molar-refractivity contribution in [1.29, 1.82) is 0 Å². The zero-order valence-electron chi connectivity index (χ0n) is 16.1. The molecule has 0 atom stereocenters. The number of aryl methyl sites for hydroxylation is 1. The summed E-state index contributed by atoms with van der Waals surface area (Å²) in [5.74, 6) is 0.808. The molecule has 5 nitrogen and oxygen atoms in total. The van der Waals surface area contributed by atoms with Crippen molar-refractivity contribution in [3.63, 3.8) is 0 Å². The molecule has 1 heterocycles. The average molecular weight is 480 g/mol. The Morgan fingerprint density at radius 2 is 1.44 bits per heavy atom. The maximum Gasteiger partial charge on any atom is 0.191 e. The van der Waals surface area contributed by atoms with Crippen LogP contribution in [0.3, 0.4) is 0 Å². The second kappa shape index (κ2) is 11.1. The number of anilines is 1. The maximum atomic E-state index is 5.41. The van der Waals surface area contributed by atoms with Gasteiger partial charge in [-0.2, -0.15) is 0 Å². The summed E-state index contributed by atoms with van der Waals surface area (Å²) < 4.78 is 5.41. The number of benzene rings is 2. The van der Waals surface area contributed by atoms with E-state index in [4.69, 9.17) is 4.74 Å². The van der Waals surface area contributed by atoms with E-state index >= 15 is 0 Å². The van der Waals surface area contributed by atoms with E-state index in [1.165, 1.54) is 22.4 Å². The molecular formula is C21H29IN4O. The highest BCUT2D eigenvalue weighted by Gasteiger charge is 2.10. The number of halogens is 1. The number of rotatable bonds is 5. The predicted molar refractivity (Wildman–Crippen MR) is 123 cm³/mol. The highest BCUT2D eigenvalue weighted by molar-refractivity contribution is 14.0. The summed E-state index contributed by atoms with van der Waals surface area (Å²) in [4.78, 5) is 6.66. The van der Waals surface area contributed by atoms with Crippen LogP contribution in [-0.4, -0.2) is 39.3 Å². The van der Waals surface area contributed by atoms with E-state index in [9.17, 15) is 0 Å². The number of ether oxygens (including phenoxy) is 1. The maximum absolute atomic E-state index is 5.41. The summed E-state index contributed by atoms with van der Waals surface area (Å²) in [6.07, 6.45) is 0. The van der Waals surface area contributed by atoms with Crippen molar-refractivity contribution in [3.05, 3.63) is 65.2 Å². The Morgan fingerprint density at radius 1 is 0.926 bits per heavy atom. The Kier molecular flexibility index (Phi) is 8.87. The minimum atomic E-state index is 0. The van der Waals surface area contributed by atoms with Crippen molar-refractivity contribution in [3.8, 4) is 0 Å². The fourth-order valence-electron chi connectivity index (χ4n) is 2.94. The Bertz CT molecular complexity index is 710. The molecule has 27 heavy (non-hydrogen) atoms. The normalized spacial score (nSPS) is 14.4. The summed E-state index contributed by atoms with van der Waals surface area (Å²) in [7, 11) is 1.80. The largest absolute Gasteiger partial charge is 0.378 e. The topological polar surface area (TPSA) is 48.9 Å². The summed E-state index contributed by atoms with van der Waals surface area (Å²) in [5, 5.41) is 6.73. The van der Waals surface area contributed by atoms with E-state index in [1.54, 1.807) is 7.05 Å². The van der Waals surface area contributed by atoms with Crippen LogP contribution < -0.4 is 15.5 Å². The quantitative estimate of drug-likeness (QED) is 0.392. The van der Waals surface area contributed by atoms with Gasteiger partial charge in [-0.25, -0.2) is 0 Å². The molecule has 0 aliphatic carbocycles. The fraction of sp³-hybridized carbons (Fsp3) is 0.381. The second-order valence-electron chi connectivity index (χ2n) is 6.53. The molecule has 6 heteroatoms. The number of aliphatic imine (C=N–C) groups is 1. The predicted octanol–water partition coefficient (Wildman–Crippen LogP) is 3.31. The van der Waals surface area contributed by atoms with Crippen LogP contribution in [0.5, 0.6) is 0 Å². The molecule has 1 fully saturated rings. The SMILES string of the molecule is CN=C(NCc1ccc(C)cc1)NCc1ccc(N2CCOCC2)cc1.I. The highest BCUT2D eigenvalue weighted by Crippen LogP contribution is 2.16. The van der Waals surface area contributed by atoms with Crippen LogP contribution in [-0.2, 0) is 17.8 Å². The second-order valence-corrected chi connectivity index (χ2v) is 6.53. The molecule has 1 saturated heterocycles. The lowest BCUT2D eigenvalue weighted by Gasteiger charge is -2.28. The molecule has 2 aromatic rings. The van der Waals surface area contributed by atoms with Crippen LogP contribution in [0.4, 0.5) is 5.69 Å². The Balaban J connectivity index is 0.00000261. The van der Waals surface area contributed by atoms with Gasteiger partial charge in [-0.1, -0.05) is 42.0 Å². The molecule has 1 aliphatic rings. The van der Waals surface area contributed by atoms with E-state index in [0.717, 1.165) is 45.4 Å². The Labute approximate surface area is 179 Å². The van der Waals surface area contributed by atoms with Crippen molar-refractivity contribution in [2.75, 3.05) is 38.3 Å². The molecule has 146 valence electrons. The molecule has 0 saturated carbocycles. The van der Waals surface area contributed by atoms with Crippen molar-refractivity contribution in [1.82, 2.24) is 10.6 Å². The molecule has 0 spiro atoms. The van der Waals surface area contributed by atoms with Gasteiger partial charge in [0.15, 0.2) is 5.96 Å². The van der Waals surface area contributed by atoms with Crippen LogP contribution in [0.2, 0.25) is 0 Å². The van der Waals surface area contributed by atoms with Crippen LogP contribution in [0.15, 0.2) is 53.5 Å². The molecule has 0 bridgehead atoms. The number of morpholine rings is 1. The van der Waals surface area contributed by atoms with Crippen molar-refractivity contribution >= 4 is 35.6 Å². The third-order valence-electron chi connectivity index (χ3n) is 4.58. The minimum absolute atomic E-state index is 0. The molecule has 1 aliphatic heterocycles. The van der Waals surface area contributed by atoms with Gasteiger partial charge in [-0.15, -0.1) is 24.0 Å². The minimum Gasteiger partial charge on any atom is -0.378 e. The first-order valence-corrected chi connectivity index (χ1v) is 9.16. The van der Waals surface area contributed by atoms with Gasteiger partial charge >= 0.3 is 0 Å². The molecule has 0 aromatic heterocycles. The number of nitrogens with one attached hydrogen (secondary N) is 2. The lowest BCUT2D eigenvalue weighted by Crippen LogP contribution is -2.36. The Morgan fingerprint density at radius 3 is 1.96 bits per heavy atom. The number of hydrogen-bond acceptors (Lipinski definition) is 3. The smallest absolute Gasteiger partial charge is 0.191 e. The summed E-state index contributed by atoms with van der Waals surface area (Å²) in [6.45, 7) is 7.16. The van der Waals surface area contributed by atoms with Crippen LogP contribution in [0, 0.1) is 6.92 Å². The standard InChI is InChI=1S/C21H28N4O.HI/c1-17-3-5-18(6-4-17)15-23-21(22-2)24-16-19-7-9-20(10-8-19)25-11-13-26-14-12-25;/h3-10H,11-16H2,1-2H3,(H2,22,23,24);1H. The van der Waals surface area contributed by atoms with Crippen molar-refractivity contribution in [2.45, 2.75) is 20.0 Å². The first-order chi connectivity index (χ1) is 12.7. The lowest BCUT2D eigenvalue weighted by molar-refractivity contribution is 0.122. The summed E-state index contributed by atoms with van der Waals surface area (Å²) in [6, 6.07) is 17.2. The lowest BCUT2D eigenvalue weighted by atomic mass is 10.1. The Hall–Kier alpha value is -1.80. The van der Waals surface area contributed by atoms with Gasteiger partial charge < -0.3 is 20.3 Å². The van der Waals surface area contributed by atoms with E-state index in [0.29, 0.717) is 0 Å². The van der Waals surface area contributed by atoms with Gasteiger partial charge in [-0.05, 0) is 30.2 Å². The summed E-state index contributed by atoms with van der Waals surface area (Å²) >= 11 is 0. The summed E-state index contributed by atoms with van der Waals surface area (Å²) in [5.41, 5.74) is 5.02. The van der Waals surface area contributed by atoms with E-state index in [1.807, 2.05) is 0 Å². The van der Waals surface area contributed by atoms with Gasteiger partial charge in [0.25, 0.3) is 0 Å². The third kappa shape index (κ3) is 6.70. The highest BCUT2D eigenvalue weighted by atomic mass is 127. The number of guanidine groups is 1. The molecule has 3 rings (SSSR count). The van der Waals surface area contributed by atoms with Gasteiger partial charge in [0.1, 0.15) is 0 Å². The molecule has 0 amide bonds. The van der Waals surface area contributed by atoms with Crippen molar-refractivity contribution < 1.29 is 4.74 Å². The van der Waals surface area contributed by atoms with Crippen LogP contribution in [0.1, 0.15) is 16.7 Å². The molecule has 0 unspecified atom stereocenters. The van der Waals surface area contributed by atoms with E-state index < -0.39 is 0 Å². The number of hydrogen-bond donors (Lipinski definition) is 2. The van der Waals surface area contributed by atoms with Gasteiger partial charge in [0.2, 0.25) is 0 Å². The molecule has 2 aromatic carbocycles. The van der Waals surface area contributed by atoms with E-state index in [2.05, 4.69) is 76.0 Å². The molecule has 0 radical (unpaired) electrons. The first-order valence-electron chi connectivity index (χ1n) is 9.16. The van der Waals surface area contributed by atoms with Crippen LogP contribution in [0.25, 0.3) is 0 Å². The molecular weight excluding hydrogens is 451 g/mol. The monoisotopic (exact) mass is 480 g/mol. The first kappa shape index (κ1) is 21.5. The average Bonchev–Trinajstić information content (AvgIpc) is 2.70. The zero-order valence-corrected chi connectivity index (χ0v) is 18.4. The number of nitrogens with zero attached hydrogens (tertiary/aromatic N) is 2. The van der Waals surface area contributed by atoms with E-state index in [-0.39, 0.29) is 24.0 Å². The van der Waals surface area contributed by atoms with Crippen LogP contribution >= 0.6 is 24.0 Å². The third-order valence-corrected chi connectivity index (χ3v) is 4.58.